The standard InChI is InChI=1S/C28H52O6Si/c1-27(2,3)35(5,6)34-22(20-12-8-7-9-13-20)16-15-21-23(33-26-14-10-11-17-32-26)18-24(29)28(21,4)19-25(30)31/h20-24,26,29H,7-19H2,1-6H3,(H,30,31)/t21-,22+,23-,24+,26?,28-/m1/s1. The fourth-order valence-corrected chi connectivity index (χ4v) is 7.80. The van der Waals surface area contributed by atoms with Crippen molar-refractivity contribution in [3.8, 4) is 0 Å². The van der Waals surface area contributed by atoms with E-state index in [0.29, 0.717) is 18.9 Å². The van der Waals surface area contributed by atoms with E-state index in [-0.39, 0.29) is 35.9 Å². The quantitative estimate of drug-likeness (QED) is 0.325. The number of ether oxygens (including phenoxy) is 2. The Morgan fingerprint density at radius 2 is 1.77 bits per heavy atom. The van der Waals surface area contributed by atoms with Crippen LogP contribution in [0.25, 0.3) is 0 Å². The molecule has 1 unspecified atom stereocenters. The van der Waals surface area contributed by atoms with Crippen molar-refractivity contribution in [3.63, 3.8) is 0 Å². The molecule has 35 heavy (non-hydrogen) atoms. The van der Waals surface area contributed by atoms with E-state index in [1.165, 1.54) is 32.1 Å². The molecule has 0 radical (unpaired) electrons. The Labute approximate surface area is 214 Å². The molecule has 3 aliphatic rings. The summed E-state index contributed by atoms with van der Waals surface area (Å²) in [6.07, 6.45) is 10.5. The zero-order valence-corrected chi connectivity index (χ0v) is 24.2. The Morgan fingerprint density at radius 1 is 1.11 bits per heavy atom. The van der Waals surface area contributed by atoms with Crippen LogP contribution in [0.4, 0.5) is 0 Å². The van der Waals surface area contributed by atoms with Crippen LogP contribution in [0.3, 0.4) is 0 Å². The minimum absolute atomic E-state index is 0.0340. The Bertz CT molecular complexity index is 679. The highest BCUT2D eigenvalue weighted by Crippen LogP contribution is 2.51. The molecule has 7 heteroatoms. The van der Waals surface area contributed by atoms with Crippen LogP contribution in [0.1, 0.15) is 105 Å². The molecule has 0 aromatic carbocycles. The second-order valence-corrected chi connectivity index (χ2v) is 18.1. The summed E-state index contributed by atoms with van der Waals surface area (Å²) in [5.74, 6) is -0.323. The number of aliphatic hydroxyl groups is 1. The number of hydrogen-bond donors (Lipinski definition) is 2. The zero-order valence-electron chi connectivity index (χ0n) is 23.2. The van der Waals surface area contributed by atoms with Crippen LogP contribution in [0.5, 0.6) is 0 Å². The van der Waals surface area contributed by atoms with E-state index >= 15 is 0 Å². The summed E-state index contributed by atoms with van der Waals surface area (Å²) in [5.41, 5.74) is -0.709. The zero-order chi connectivity index (χ0) is 25.9. The van der Waals surface area contributed by atoms with Gasteiger partial charge in [0.2, 0.25) is 0 Å². The number of aliphatic carboxylic acids is 1. The molecule has 2 aliphatic carbocycles. The van der Waals surface area contributed by atoms with Crippen LogP contribution in [-0.4, -0.2) is 55.7 Å². The van der Waals surface area contributed by atoms with E-state index in [0.717, 1.165) is 32.1 Å². The predicted octanol–water partition coefficient (Wildman–Crippen LogP) is 6.51. The molecule has 0 amide bonds. The predicted molar refractivity (Wildman–Crippen MR) is 141 cm³/mol. The first kappa shape index (κ1) is 29.1. The van der Waals surface area contributed by atoms with Gasteiger partial charge in [-0.05, 0) is 74.9 Å². The molecule has 0 aromatic rings. The molecular formula is C28H52O6Si. The van der Waals surface area contributed by atoms with Gasteiger partial charge >= 0.3 is 5.97 Å². The number of carbonyl (C=O) groups is 1. The minimum Gasteiger partial charge on any atom is -0.481 e. The lowest BCUT2D eigenvalue weighted by Crippen LogP contribution is -2.46. The van der Waals surface area contributed by atoms with Crippen molar-refractivity contribution in [2.75, 3.05) is 6.61 Å². The van der Waals surface area contributed by atoms with Gasteiger partial charge in [-0.25, -0.2) is 0 Å². The molecular weight excluding hydrogens is 460 g/mol. The molecule has 204 valence electrons. The van der Waals surface area contributed by atoms with Crippen molar-refractivity contribution in [2.24, 2.45) is 17.3 Å². The lowest BCUT2D eigenvalue weighted by Gasteiger charge is -2.43. The van der Waals surface area contributed by atoms with Crippen LogP contribution in [0, 0.1) is 17.3 Å². The molecule has 6 nitrogen and oxygen atoms in total. The van der Waals surface area contributed by atoms with Gasteiger partial charge in [0.05, 0.1) is 18.6 Å². The van der Waals surface area contributed by atoms with Gasteiger partial charge in [-0.2, -0.15) is 0 Å². The summed E-state index contributed by atoms with van der Waals surface area (Å²) < 4.78 is 19.4. The van der Waals surface area contributed by atoms with Crippen LogP contribution in [-0.2, 0) is 18.7 Å². The second kappa shape index (κ2) is 11.9. The van der Waals surface area contributed by atoms with Crippen molar-refractivity contribution in [2.45, 2.75) is 147 Å². The normalized spacial score (nSPS) is 34.1. The van der Waals surface area contributed by atoms with E-state index in [1.54, 1.807) is 0 Å². The van der Waals surface area contributed by atoms with Crippen LogP contribution < -0.4 is 0 Å². The molecule has 2 saturated carbocycles. The van der Waals surface area contributed by atoms with E-state index in [9.17, 15) is 15.0 Å². The molecule has 1 saturated heterocycles. The Hall–Kier alpha value is -0.473. The van der Waals surface area contributed by atoms with Gasteiger partial charge in [0.25, 0.3) is 0 Å². The van der Waals surface area contributed by atoms with Gasteiger partial charge < -0.3 is 24.1 Å². The topological polar surface area (TPSA) is 85.2 Å². The first-order valence-corrected chi connectivity index (χ1v) is 17.1. The molecule has 1 heterocycles. The first-order chi connectivity index (χ1) is 16.3. The summed E-state index contributed by atoms with van der Waals surface area (Å²) in [5, 5.41) is 20.9. The fourth-order valence-electron chi connectivity index (χ4n) is 6.38. The van der Waals surface area contributed by atoms with Crippen LogP contribution in [0.15, 0.2) is 0 Å². The van der Waals surface area contributed by atoms with Crippen molar-refractivity contribution in [1.82, 2.24) is 0 Å². The smallest absolute Gasteiger partial charge is 0.304 e. The van der Waals surface area contributed by atoms with E-state index in [2.05, 4.69) is 33.9 Å². The summed E-state index contributed by atoms with van der Waals surface area (Å²) in [7, 11) is -1.95. The maximum Gasteiger partial charge on any atom is 0.304 e. The molecule has 0 bridgehead atoms. The van der Waals surface area contributed by atoms with Crippen molar-refractivity contribution in [3.05, 3.63) is 0 Å². The Balaban J connectivity index is 1.79. The third-order valence-corrected chi connectivity index (χ3v) is 14.2. The summed E-state index contributed by atoms with van der Waals surface area (Å²) in [6, 6.07) is 0. The molecule has 6 atom stereocenters. The number of aliphatic hydroxyl groups excluding tert-OH is 1. The lowest BCUT2D eigenvalue weighted by molar-refractivity contribution is -0.198. The van der Waals surface area contributed by atoms with Crippen molar-refractivity contribution < 1.29 is 28.9 Å². The Kier molecular flexibility index (Phi) is 9.92. The molecule has 0 spiro atoms. The fraction of sp³-hybridized carbons (Fsp3) is 0.964. The van der Waals surface area contributed by atoms with E-state index in [1.807, 2.05) is 6.92 Å². The number of rotatable bonds is 10. The number of carboxylic acid groups (broad SMARTS) is 1. The average molecular weight is 513 g/mol. The maximum atomic E-state index is 11.8. The first-order valence-electron chi connectivity index (χ1n) is 14.2. The number of hydrogen-bond acceptors (Lipinski definition) is 5. The van der Waals surface area contributed by atoms with Gasteiger partial charge in [-0.1, -0.05) is 47.0 Å². The molecule has 0 aromatic heterocycles. The average Bonchev–Trinajstić information content (AvgIpc) is 2.99. The highest BCUT2D eigenvalue weighted by atomic mass is 28.4. The third-order valence-electron chi connectivity index (χ3n) is 9.70. The molecule has 1 aliphatic heterocycles. The maximum absolute atomic E-state index is 11.8. The summed E-state index contributed by atoms with van der Waals surface area (Å²) in [6.45, 7) is 14.2. The van der Waals surface area contributed by atoms with Gasteiger partial charge in [0.1, 0.15) is 0 Å². The summed E-state index contributed by atoms with van der Waals surface area (Å²) >= 11 is 0. The van der Waals surface area contributed by atoms with Crippen molar-refractivity contribution in [1.29, 1.82) is 0 Å². The van der Waals surface area contributed by atoms with Crippen LogP contribution >= 0.6 is 0 Å². The van der Waals surface area contributed by atoms with Crippen LogP contribution in [0.2, 0.25) is 18.1 Å². The van der Waals surface area contributed by atoms with Gasteiger partial charge in [0, 0.05) is 24.5 Å². The Morgan fingerprint density at radius 3 is 2.34 bits per heavy atom. The van der Waals surface area contributed by atoms with E-state index in [4.69, 9.17) is 13.9 Å². The highest BCUT2D eigenvalue weighted by Gasteiger charge is 2.54. The molecule has 2 N–H and O–H groups in total. The monoisotopic (exact) mass is 512 g/mol. The second-order valence-electron chi connectivity index (χ2n) is 13.3. The third kappa shape index (κ3) is 7.31. The lowest BCUT2D eigenvalue weighted by atomic mass is 9.72. The van der Waals surface area contributed by atoms with Gasteiger partial charge in [-0.3, -0.25) is 4.79 Å². The SMILES string of the molecule is CC(C)(C)[Si](C)(C)O[C@@H](CC[C@@H]1[C@H](OC2CCCCO2)C[C@H](O)[C@]1(C)CC(=O)O)C1CCCCC1. The van der Waals surface area contributed by atoms with Gasteiger partial charge in [0.15, 0.2) is 14.6 Å². The molecule has 3 rings (SSSR count). The van der Waals surface area contributed by atoms with Crippen molar-refractivity contribution >= 4 is 14.3 Å². The molecule has 3 fully saturated rings. The largest absolute Gasteiger partial charge is 0.481 e. The number of carboxylic acids is 1. The van der Waals surface area contributed by atoms with Gasteiger partial charge in [-0.15, -0.1) is 0 Å². The summed E-state index contributed by atoms with van der Waals surface area (Å²) in [4.78, 5) is 11.8. The highest BCUT2D eigenvalue weighted by molar-refractivity contribution is 6.74. The minimum atomic E-state index is -1.95. The van der Waals surface area contributed by atoms with E-state index < -0.39 is 25.8 Å².